The molecule has 292 valence electrons. The second-order valence-corrected chi connectivity index (χ2v) is 13.8. The average molecular weight is 770 g/mol. The van der Waals surface area contributed by atoms with Gasteiger partial charge in [0.1, 0.15) is 60.1 Å². The van der Waals surface area contributed by atoms with Gasteiger partial charge in [-0.3, -0.25) is 9.79 Å². The van der Waals surface area contributed by atoms with E-state index in [2.05, 4.69) is 10.3 Å². The summed E-state index contributed by atoms with van der Waals surface area (Å²) in [5.41, 5.74) is 2.23. The van der Waals surface area contributed by atoms with E-state index in [0.717, 1.165) is 22.3 Å². The fraction of sp³-hybridized carbons (Fsp3) is 0.300. The van der Waals surface area contributed by atoms with Crippen molar-refractivity contribution in [2.75, 3.05) is 20.3 Å². The number of phenolic OH excluding ortho intramolecular Hbond substituents is 1. The molecule has 0 amide bonds. The quantitative estimate of drug-likeness (QED) is 0.0799. The smallest absolute Gasteiger partial charge is 0.329 e. The molecule has 3 aliphatic heterocycles. The van der Waals surface area contributed by atoms with Crippen molar-refractivity contribution >= 4 is 28.6 Å². The van der Waals surface area contributed by atoms with Crippen molar-refractivity contribution < 1.29 is 63.7 Å². The van der Waals surface area contributed by atoms with Gasteiger partial charge in [-0.25, -0.2) is 4.79 Å². The van der Waals surface area contributed by atoms with E-state index in [-0.39, 0.29) is 33.5 Å². The number of allylic oxidation sites excluding steroid dienone is 1. The van der Waals surface area contributed by atoms with E-state index in [9.17, 15) is 39.9 Å². The average Bonchev–Trinajstić information content (AvgIpc) is 3.75. The summed E-state index contributed by atoms with van der Waals surface area (Å²) in [7, 11) is 1.21. The molecule has 0 saturated carbocycles. The number of aryl methyl sites for hydroxylation is 2. The van der Waals surface area contributed by atoms with Crippen LogP contribution in [0.1, 0.15) is 22.7 Å². The highest BCUT2D eigenvalue weighted by molar-refractivity contribution is 6.08. The number of aliphatic imine (C=N–C) groups is 1. The number of aliphatic hydroxyl groups is 3. The highest BCUT2D eigenvalue weighted by Crippen LogP contribution is 2.35. The van der Waals surface area contributed by atoms with Crippen LogP contribution in [-0.2, 0) is 23.9 Å². The molecule has 1 aromatic heterocycles. The molecule has 6 N–H and O–H groups in total. The number of hydrogen-bond acceptors (Lipinski definition) is 15. The van der Waals surface area contributed by atoms with E-state index < -0.39 is 67.4 Å². The van der Waals surface area contributed by atoms with Crippen LogP contribution in [0.5, 0.6) is 11.5 Å². The third-order valence-corrected chi connectivity index (χ3v) is 9.95. The number of aliphatic hydroxyl groups excluding tert-OH is 2. The second kappa shape index (κ2) is 15.4. The molecule has 0 radical (unpaired) electrons. The van der Waals surface area contributed by atoms with Gasteiger partial charge in [-0.15, -0.1) is 0 Å². The van der Waals surface area contributed by atoms with Crippen LogP contribution in [0.25, 0.3) is 22.1 Å². The van der Waals surface area contributed by atoms with Crippen molar-refractivity contribution in [2.45, 2.75) is 56.1 Å². The van der Waals surface area contributed by atoms with Crippen LogP contribution >= 0.6 is 0 Å². The molecule has 7 rings (SSSR count). The number of aromatic hydroxyl groups is 1. The lowest BCUT2D eigenvalue weighted by Crippen LogP contribution is -3.08. The Kier molecular flexibility index (Phi) is 10.6. The number of carbonyl (C=O) groups excluding carboxylic acids is 2. The molecule has 3 aliphatic rings. The minimum absolute atomic E-state index is 0.0332. The number of nitrogens with one attached hydrogen (secondary N) is 2. The molecule has 1 saturated heterocycles. The SMILES string of the molecule is CN[C@H](C(=O)[O-])C(=O)OC[C@@H]1O[C@H](Oc2ccc3c(=O)c(-c4ccc(O)cc4)coc3c2)[C@H](O[NH+]2C=C3C=CN=C3C2c2cc(C)cc(C)c2)[C@@](O)(CO)[C@H]1O. The summed E-state index contributed by atoms with van der Waals surface area (Å²) in [5, 5.41) is 58.2. The Hall–Kier alpha value is -5.72. The molecular formula is C40H39N3O13. The van der Waals surface area contributed by atoms with Gasteiger partial charge in [-0.1, -0.05) is 29.3 Å². The molecule has 0 aliphatic carbocycles. The predicted octanol–water partition coefficient (Wildman–Crippen LogP) is -0.356. The third kappa shape index (κ3) is 7.22. The Morgan fingerprint density at radius 3 is 2.50 bits per heavy atom. The first kappa shape index (κ1) is 38.6. The van der Waals surface area contributed by atoms with Crippen LogP contribution in [0.3, 0.4) is 0 Å². The van der Waals surface area contributed by atoms with E-state index in [1.807, 2.05) is 32.0 Å². The van der Waals surface area contributed by atoms with Crippen LogP contribution in [0.4, 0.5) is 0 Å². The Morgan fingerprint density at radius 1 is 1.09 bits per heavy atom. The number of carboxylic acids is 1. The number of rotatable bonds is 12. The highest BCUT2D eigenvalue weighted by Gasteiger charge is 2.60. The minimum Gasteiger partial charge on any atom is -0.548 e. The summed E-state index contributed by atoms with van der Waals surface area (Å²) in [4.78, 5) is 48.6. The van der Waals surface area contributed by atoms with Gasteiger partial charge in [0.25, 0.3) is 0 Å². The molecule has 1 fully saturated rings. The third-order valence-electron chi connectivity index (χ3n) is 9.95. The van der Waals surface area contributed by atoms with Gasteiger partial charge in [0.15, 0.2) is 17.1 Å². The molecule has 4 heterocycles. The number of hydroxylamine groups is 2. The summed E-state index contributed by atoms with van der Waals surface area (Å²) >= 11 is 0. The Balaban J connectivity index is 1.24. The highest BCUT2D eigenvalue weighted by atomic mass is 16.8. The van der Waals surface area contributed by atoms with Crippen molar-refractivity contribution in [3.05, 3.63) is 118 Å². The zero-order chi connectivity index (χ0) is 39.9. The monoisotopic (exact) mass is 769 g/mol. The van der Waals surface area contributed by atoms with Crippen LogP contribution in [0.15, 0.2) is 105 Å². The Morgan fingerprint density at radius 2 is 1.82 bits per heavy atom. The molecule has 0 bridgehead atoms. The minimum atomic E-state index is -2.53. The zero-order valence-corrected chi connectivity index (χ0v) is 30.4. The summed E-state index contributed by atoms with van der Waals surface area (Å²) in [5.74, 6) is -2.92. The predicted molar refractivity (Wildman–Crippen MR) is 195 cm³/mol. The lowest BCUT2D eigenvalue weighted by atomic mass is 9.84. The van der Waals surface area contributed by atoms with E-state index in [1.165, 1.54) is 43.6 Å². The maximum Gasteiger partial charge on any atom is 0.329 e. The second-order valence-electron chi connectivity index (χ2n) is 13.8. The number of fused-ring (bicyclic) bond motifs is 2. The molecular weight excluding hydrogens is 730 g/mol. The number of quaternary nitrogens is 1. The molecule has 2 unspecified atom stereocenters. The standard InChI is InChI=1S/C40H39N3O13/c1-20-12-21(2)14-24(13-20)33-31-23(10-11-42-31)16-43(33)56-36-39(55-30(35(47)40(36,51)19-44)18-53-38(50)32(41-3)37(48)49)54-26-8-9-27-29(15-26)52-17-28(34(27)46)22-4-6-25(45)7-5-22/h4-17,30,32-33,35-36,39,41,44-45,47,51H,18-19H2,1-3H3,(H,48,49)/t30-,32+,33?,35-,36-,39-,40+/m0/s1. The number of aliphatic carboxylic acids is 1. The number of ether oxygens (including phenoxy) is 3. The van der Waals surface area contributed by atoms with Gasteiger partial charge < -0.3 is 54.3 Å². The normalized spacial score (nSPS) is 26.0. The lowest BCUT2D eigenvalue weighted by molar-refractivity contribution is -1.07. The zero-order valence-electron chi connectivity index (χ0n) is 30.4. The first-order chi connectivity index (χ1) is 26.8. The van der Waals surface area contributed by atoms with Gasteiger partial charge in [0.05, 0.1) is 29.1 Å². The first-order valence-corrected chi connectivity index (χ1v) is 17.6. The number of esters is 1. The molecule has 0 spiro atoms. The Labute approximate surface area is 319 Å². The Bertz CT molecular complexity index is 2300. The van der Waals surface area contributed by atoms with Gasteiger partial charge in [0, 0.05) is 17.8 Å². The maximum absolute atomic E-state index is 13.5. The van der Waals surface area contributed by atoms with E-state index in [1.54, 1.807) is 30.6 Å². The van der Waals surface area contributed by atoms with E-state index >= 15 is 0 Å². The van der Waals surface area contributed by atoms with Crippen molar-refractivity contribution in [1.82, 2.24) is 5.32 Å². The van der Waals surface area contributed by atoms with Crippen LogP contribution < -0.4 is 25.7 Å². The van der Waals surface area contributed by atoms with Crippen LogP contribution in [0.2, 0.25) is 0 Å². The summed E-state index contributed by atoms with van der Waals surface area (Å²) in [6.45, 7) is 2.04. The van der Waals surface area contributed by atoms with Crippen molar-refractivity contribution in [2.24, 2.45) is 4.99 Å². The fourth-order valence-corrected chi connectivity index (χ4v) is 7.18. The molecule has 16 heteroatoms. The van der Waals surface area contributed by atoms with Gasteiger partial charge >= 0.3 is 5.97 Å². The largest absolute Gasteiger partial charge is 0.548 e. The fourth-order valence-electron chi connectivity index (χ4n) is 7.18. The van der Waals surface area contributed by atoms with E-state index in [0.29, 0.717) is 16.3 Å². The number of benzene rings is 3. The number of nitrogens with zero attached hydrogens (tertiary/aromatic N) is 1. The van der Waals surface area contributed by atoms with E-state index in [4.69, 9.17) is 23.5 Å². The van der Waals surface area contributed by atoms with Crippen molar-refractivity contribution in [3.8, 4) is 22.6 Å². The van der Waals surface area contributed by atoms with Crippen LogP contribution in [-0.4, -0.2) is 94.6 Å². The van der Waals surface area contributed by atoms with Gasteiger partial charge in [-0.05, 0) is 68.9 Å². The maximum atomic E-state index is 13.5. The molecule has 4 aromatic rings. The summed E-state index contributed by atoms with van der Waals surface area (Å²) in [6, 6.07) is 13.9. The number of carbonyl (C=O) groups is 2. The lowest BCUT2D eigenvalue weighted by Gasteiger charge is -2.48. The number of hydrogen-bond donors (Lipinski definition) is 6. The van der Waals surface area contributed by atoms with Crippen LogP contribution in [0, 0.1) is 13.8 Å². The van der Waals surface area contributed by atoms with Gasteiger partial charge in [-0.2, -0.15) is 9.90 Å². The summed E-state index contributed by atoms with van der Waals surface area (Å²) < 4.78 is 23.4. The number of likely N-dealkylation sites (N-methyl/N-ethyl adjacent to an activating group) is 1. The molecule has 3 aromatic carbocycles. The molecule has 56 heavy (non-hydrogen) atoms. The van der Waals surface area contributed by atoms with Gasteiger partial charge in [0.2, 0.25) is 12.4 Å². The van der Waals surface area contributed by atoms with Crippen molar-refractivity contribution in [1.29, 1.82) is 0 Å². The topological polar surface area (TPSA) is 234 Å². The number of phenols is 1. The summed E-state index contributed by atoms with van der Waals surface area (Å²) in [6.07, 6.45) is -0.408. The molecule has 16 nitrogen and oxygen atoms in total. The molecule has 8 atom stereocenters. The number of carboxylic acid groups (broad SMARTS) is 1. The first-order valence-electron chi connectivity index (χ1n) is 17.6. The van der Waals surface area contributed by atoms with Crippen molar-refractivity contribution in [3.63, 3.8) is 0 Å².